The highest BCUT2D eigenvalue weighted by molar-refractivity contribution is 7.99. The second-order valence-electron chi connectivity index (χ2n) is 5.38. The molecule has 3 rings (SSSR count). The van der Waals surface area contributed by atoms with Gasteiger partial charge in [0.15, 0.2) is 0 Å². The highest BCUT2D eigenvalue weighted by Gasteiger charge is 2.31. The van der Waals surface area contributed by atoms with Gasteiger partial charge >= 0.3 is 0 Å². The fourth-order valence-electron chi connectivity index (χ4n) is 2.32. The quantitative estimate of drug-likeness (QED) is 0.870. The van der Waals surface area contributed by atoms with E-state index in [4.69, 9.17) is 11.6 Å². The molecule has 1 aliphatic heterocycles. The molecule has 0 saturated carbocycles. The second-order valence-corrected chi connectivity index (χ2v) is 6.89. The highest BCUT2D eigenvalue weighted by Crippen LogP contribution is 2.27. The molecule has 22 heavy (non-hydrogen) atoms. The predicted molar refractivity (Wildman–Crippen MR) is 84.9 cm³/mol. The lowest BCUT2D eigenvalue weighted by molar-refractivity contribution is 0.0674. The molecule has 118 valence electrons. The molecule has 2 aromatic rings. The van der Waals surface area contributed by atoms with Gasteiger partial charge < -0.3 is 10.4 Å². The summed E-state index contributed by atoms with van der Waals surface area (Å²) in [5.41, 5.74) is 0.684. The van der Waals surface area contributed by atoms with Crippen LogP contribution in [0, 0.1) is 5.82 Å². The molecule has 0 bridgehead atoms. The van der Waals surface area contributed by atoms with E-state index in [-0.39, 0.29) is 5.02 Å². The van der Waals surface area contributed by atoms with Crippen LogP contribution in [-0.2, 0) is 6.54 Å². The molecule has 1 unspecified atom stereocenters. The monoisotopic (exact) mass is 342 g/mol. The van der Waals surface area contributed by atoms with E-state index in [1.165, 1.54) is 16.8 Å². The Morgan fingerprint density at radius 2 is 2.36 bits per heavy atom. The van der Waals surface area contributed by atoms with Crippen molar-refractivity contribution in [3.05, 3.63) is 40.9 Å². The molecule has 1 aromatic heterocycles. The first-order valence-corrected chi connectivity index (χ1v) is 8.47. The summed E-state index contributed by atoms with van der Waals surface area (Å²) in [6.45, 7) is 1.04. The average molecular weight is 343 g/mol. The largest absolute Gasteiger partial charge is 0.388 e. The minimum absolute atomic E-state index is 0.279. The van der Waals surface area contributed by atoms with Gasteiger partial charge in [-0.05, 0) is 30.4 Å². The molecule has 2 heterocycles. The van der Waals surface area contributed by atoms with Crippen LogP contribution in [0.4, 0.5) is 4.39 Å². The summed E-state index contributed by atoms with van der Waals surface area (Å²) >= 11 is 7.77. The lowest BCUT2D eigenvalue weighted by Gasteiger charge is -2.21. The maximum absolute atomic E-state index is 13.1. The van der Waals surface area contributed by atoms with Gasteiger partial charge in [-0.1, -0.05) is 16.8 Å². The van der Waals surface area contributed by atoms with Crippen LogP contribution in [0.3, 0.4) is 0 Å². The topological polar surface area (TPSA) is 63.0 Å². The molecule has 0 aliphatic carbocycles. The standard InChI is InChI=1S/C14H16ClFN4OS/c15-12-5-10(16)1-2-13(12)20-7-11(18-19-20)6-17-8-14(21)3-4-22-9-14/h1-2,5,7,17,21H,3-4,6,8-9H2. The fourth-order valence-corrected chi connectivity index (χ4v) is 3.87. The molecule has 1 aromatic carbocycles. The smallest absolute Gasteiger partial charge is 0.124 e. The maximum atomic E-state index is 13.1. The Morgan fingerprint density at radius 3 is 3.09 bits per heavy atom. The van der Waals surface area contributed by atoms with Crippen LogP contribution in [0.15, 0.2) is 24.4 Å². The van der Waals surface area contributed by atoms with Crippen LogP contribution in [0.25, 0.3) is 5.69 Å². The summed E-state index contributed by atoms with van der Waals surface area (Å²) in [4.78, 5) is 0. The lowest BCUT2D eigenvalue weighted by atomic mass is 10.0. The number of nitrogens with one attached hydrogen (secondary N) is 1. The van der Waals surface area contributed by atoms with E-state index in [1.54, 1.807) is 24.0 Å². The van der Waals surface area contributed by atoms with Crippen LogP contribution in [0.5, 0.6) is 0 Å². The van der Waals surface area contributed by atoms with Crippen molar-refractivity contribution in [3.63, 3.8) is 0 Å². The Bertz CT molecular complexity index is 660. The maximum Gasteiger partial charge on any atom is 0.124 e. The molecule has 1 saturated heterocycles. The summed E-state index contributed by atoms with van der Waals surface area (Å²) in [6.07, 6.45) is 2.54. The first-order chi connectivity index (χ1) is 10.6. The normalized spacial score (nSPS) is 21.4. The first kappa shape index (κ1) is 15.7. The summed E-state index contributed by atoms with van der Waals surface area (Å²) in [5, 5.41) is 21.8. The number of aromatic nitrogens is 3. The molecule has 0 amide bonds. The van der Waals surface area contributed by atoms with Crippen LogP contribution in [-0.4, -0.2) is 43.8 Å². The van der Waals surface area contributed by atoms with Gasteiger partial charge in [0.05, 0.1) is 28.2 Å². The van der Waals surface area contributed by atoms with Crippen LogP contribution in [0.2, 0.25) is 5.02 Å². The Morgan fingerprint density at radius 1 is 1.50 bits per heavy atom. The van der Waals surface area contributed by atoms with Gasteiger partial charge in [-0.2, -0.15) is 11.8 Å². The zero-order valence-electron chi connectivity index (χ0n) is 11.8. The number of thioether (sulfide) groups is 1. The molecule has 1 atom stereocenters. The summed E-state index contributed by atoms with van der Waals surface area (Å²) < 4.78 is 14.6. The number of nitrogens with zero attached hydrogens (tertiary/aromatic N) is 3. The molecule has 0 radical (unpaired) electrons. The summed E-state index contributed by atoms with van der Waals surface area (Å²) in [6, 6.07) is 4.12. The van der Waals surface area contributed by atoms with E-state index >= 15 is 0 Å². The molecular weight excluding hydrogens is 327 g/mol. The summed E-state index contributed by atoms with van der Waals surface area (Å²) in [7, 11) is 0. The van der Waals surface area contributed by atoms with E-state index in [9.17, 15) is 9.50 Å². The minimum Gasteiger partial charge on any atom is -0.388 e. The van der Waals surface area contributed by atoms with Crippen LogP contribution < -0.4 is 5.32 Å². The fraction of sp³-hybridized carbons (Fsp3) is 0.429. The van der Waals surface area contributed by atoms with Crippen molar-refractivity contribution >= 4 is 23.4 Å². The molecule has 1 aliphatic rings. The number of rotatable bonds is 5. The Hall–Kier alpha value is -1.15. The molecule has 0 spiro atoms. The zero-order valence-corrected chi connectivity index (χ0v) is 13.4. The lowest BCUT2D eigenvalue weighted by Crippen LogP contribution is -2.40. The number of aliphatic hydroxyl groups is 1. The van der Waals surface area contributed by atoms with Gasteiger partial charge in [-0.25, -0.2) is 9.07 Å². The van der Waals surface area contributed by atoms with Crippen molar-refractivity contribution in [2.24, 2.45) is 0 Å². The average Bonchev–Trinajstić information content (AvgIpc) is 3.09. The van der Waals surface area contributed by atoms with Crippen molar-refractivity contribution in [1.82, 2.24) is 20.3 Å². The summed E-state index contributed by atoms with van der Waals surface area (Å²) in [5.74, 6) is 1.37. The highest BCUT2D eigenvalue weighted by atomic mass is 35.5. The van der Waals surface area contributed by atoms with Gasteiger partial charge in [-0.15, -0.1) is 5.10 Å². The SMILES string of the molecule is OC1(CNCc2cn(-c3ccc(F)cc3Cl)nn2)CCSC1. The Balaban J connectivity index is 1.61. The van der Waals surface area contributed by atoms with Crippen molar-refractivity contribution < 1.29 is 9.50 Å². The third kappa shape index (κ3) is 3.60. The van der Waals surface area contributed by atoms with Gasteiger partial charge in [0.25, 0.3) is 0 Å². The third-order valence-electron chi connectivity index (χ3n) is 3.54. The van der Waals surface area contributed by atoms with Crippen molar-refractivity contribution in [1.29, 1.82) is 0 Å². The van der Waals surface area contributed by atoms with Crippen LogP contribution in [0.1, 0.15) is 12.1 Å². The predicted octanol–water partition coefficient (Wildman–Crippen LogP) is 2.02. The zero-order chi connectivity index (χ0) is 15.6. The van der Waals surface area contributed by atoms with Gasteiger partial charge in [0.1, 0.15) is 5.82 Å². The molecule has 5 nitrogen and oxygen atoms in total. The molecule has 8 heteroatoms. The van der Waals surface area contributed by atoms with E-state index < -0.39 is 11.4 Å². The third-order valence-corrected chi connectivity index (χ3v) is 5.08. The number of hydrogen-bond donors (Lipinski definition) is 2. The number of halogens is 2. The van der Waals surface area contributed by atoms with Crippen molar-refractivity contribution in [3.8, 4) is 5.69 Å². The first-order valence-electron chi connectivity index (χ1n) is 6.93. The molecule has 1 fully saturated rings. The van der Waals surface area contributed by atoms with Crippen molar-refractivity contribution in [2.75, 3.05) is 18.1 Å². The van der Waals surface area contributed by atoms with Crippen molar-refractivity contribution in [2.45, 2.75) is 18.6 Å². The molecular formula is C14H16ClFN4OS. The molecule has 2 N–H and O–H groups in total. The van der Waals surface area contributed by atoms with Gasteiger partial charge in [0.2, 0.25) is 0 Å². The van der Waals surface area contributed by atoms with Gasteiger partial charge in [-0.3, -0.25) is 0 Å². The number of benzene rings is 1. The van der Waals surface area contributed by atoms with E-state index in [0.29, 0.717) is 18.8 Å². The minimum atomic E-state index is -0.624. The van der Waals surface area contributed by atoms with Crippen LogP contribution >= 0.6 is 23.4 Å². The number of hydrogen-bond acceptors (Lipinski definition) is 5. The van der Waals surface area contributed by atoms with E-state index in [1.807, 2.05) is 0 Å². The van der Waals surface area contributed by atoms with E-state index in [0.717, 1.165) is 23.6 Å². The Labute approximate surface area is 136 Å². The second kappa shape index (κ2) is 6.54. The van der Waals surface area contributed by atoms with E-state index in [2.05, 4.69) is 15.6 Å². The van der Waals surface area contributed by atoms with Gasteiger partial charge in [0, 0.05) is 18.8 Å². The Kier molecular flexibility index (Phi) is 4.67.